The van der Waals surface area contributed by atoms with Gasteiger partial charge in [0.2, 0.25) is 5.91 Å². The van der Waals surface area contributed by atoms with Gasteiger partial charge < -0.3 is 15.8 Å². The highest BCUT2D eigenvalue weighted by Crippen LogP contribution is 2.30. The smallest absolute Gasteiger partial charge is 0.242 e. The zero-order valence-electron chi connectivity index (χ0n) is 10.4. The molecule has 2 fully saturated rings. The molecular formula is C12H22N2O2S. The first-order valence-electron chi connectivity index (χ1n) is 6.43. The van der Waals surface area contributed by atoms with Gasteiger partial charge in [-0.05, 0) is 31.4 Å². The number of thioether (sulfide) groups is 1. The summed E-state index contributed by atoms with van der Waals surface area (Å²) >= 11 is 1.99. The molecule has 0 aromatic heterocycles. The average molecular weight is 258 g/mol. The summed E-state index contributed by atoms with van der Waals surface area (Å²) in [6.07, 6.45) is 4.01. The van der Waals surface area contributed by atoms with Crippen molar-refractivity contribution in [3.05, 3.63) is 0 Å². The second-order valence-corrected chi connectivity index (χ2v) is 6.60. The first-order valence-corrected chi connectivity index (χ1v) is 7.48. The van der Waals surface area contributed by atoms with E-state index in [-0.39, 0.29) is 5.91 Å². The molecule has 1 saturated heterocycles. The number of rotatable bonds is 4. The highest BCUT2D eigenvalue weighted by Gasteiger charge is 2.39. The quantitative estimate of drug-likeness (QED) is 0.786. The Morgan fingerprint density at radius 1 is 1.59 bits per heavy atom. The van der Waals surface area contributed by atoms with Crippen molar-refractivity contribution >= 4 is 17.7 Å². The van der Waals surface area contributed by atoms with Crippen LogP contribution in [0, 0.1) is 0 Å². The van der Waals surface area contributed by atoms with E-state index in [4.69, 9.17) is 10.5 Å². The summed E-state index contributed by atoms with van der Waals surface area (Å²) in [6, 6.07) is 0.313. The van der Waals surface area contributed by atoms with Gasteiger partial charge in [0.15, 0.2) is 0 Å². The number of amides is 1. The van der Waals surface area contributed by atoms with E-state index in [2.05, 4.69) is 12.2 Å². The second kappa shape index (κ2) is 5.59. The molecule has 0 aromatic rings. The van der Waals surface area contributed by atoms with Gasteiger partial charge in [-0.3, -0.25) is 4.79 Å². The number of carbonyl (C=O) groups is 1. The van der Waals surface area contributed by atoms with Gasteiger partial charge in [-0.1, -0.05) is 6.92 Å². The Kier molecular flexibility index (Phi) is 4.33. The Balaban J connectivity index is 1.80. The third-order valence-electron chi connectivity index (χ3n) is 3.63. The number of carbonyl (C=O) groups excluding carboxylic acids is 1. The number of nitrogens with two attached hydrogens (primary N) is 1. The predicted molar refractivity (Wildman–Crippen MR) is 70.1 cm³/mol. The van der Waals surface area contributed by atoms with Gasteiger partial charge in [-0.2, -0.15) is 11.8 Å². The van der Waals surface area contributed by atoms with Crippen LogP contribution in [0.15, 0.2) is 0 Å². The first kappa shape index (κ1) is 13.2. The average Bonchev–Trinajstić information content (AvgIpc) is 2.90. The molecule has 1 aliphatic carbocycles. The molecule has 3 N–H and O–H groups in total. The molecular weight excluding hydrogens is 236 g/mol. The van der Waals surface area contributed by atoms with Gasteiger partial charge in [0.05, 0.1) is 6.61 Å². The summed E-state index contributed by atoms with van der Waals surface area (Å²) in [6.45, 7) is 3.14. The van der Waals surface area contributed by atoms with Gasteiger partial charge in [0, 0.05) is 17.9 Å². The minimum Gasteiger partial charge on any atom is -0.379 e. The van der Waals surface area contributed by atoms with Crippen LogP contribution in [0.1, 0.15) is 32.6 Å². The van der Waals surface area contributed by atoms with Crippen LogP contribution < -0.4 is 11.1 Å². The predicted octanol–water partition coefficient (Wildman–Crippen LogP) is 0.895. The molecule has 1 saturated carbocycles. The van der Waals surface area contributed by atoms with E-state index in [1.54, 1.807) is 0 Å². The molecule has 98 valence electrons. The molecule has 0 radical (unpaired) electrons. The number of ether oxygens (including phenoxy) is 1. The van der Waals surface area contributed by atoms with E-state index in [9.17, 15) is 4.79 Å². The molecule has 1 heterocycles. The second-order valence-electron chi connectivity index (χ2n) is 5.02. The van der Waals surface area contributed by atoms with Crippen LogP contribution in [0.3, 0.4) is 0 Å². The van der Waals surface area contributed by atoms with Gasteiger partial charge >= 0.3 is 0 Å². The number of nitrogens with one attached hydrogen (secondary N) is 1. The molecule has 5 heteroatoms. The maximum absolute atomic E-state index is 12.1. The van der Waals surface area contributed by atoms with Crippen molar-refractivity contribution < 1.29 is 9.53 Å². The van der Waals surface area contributed by atoms with Crippen molar-refractivity contribution in [1.29, 1.82) is 0 Å². The Bertz CT molecular complexity index is 280. The maximum atomic E-state index is 12.1. The van der Waals surface area contributed by atoms with Crippen LogP contribution >= 0.6 is 11.8 Å². The van der Waals surface area contributed by atoms with Crippen molar-refractivity contribution in [1.82, 2.24) is 5.32 Å². The van der Waals surface area contributed by atoms with Crippen LogP contribution in [0.25, 0.3) is 0 Å². The Morgan fingerprint density at radius 2 is 2.41 bits per heavy atom. The lowest BCUT2D eigenvalue weighted by Crippen LogP contribution is -2.56. The molecule has 4 nitrogen and oxygen atoms in total. The van der Waals surface area contributed by atoms with Crippen molar-refractivity contribution in [2.75, 3.05) is 19.0 Å². The zero-order chi connectivity index (χ0) is 12.3. The van der Waals surface area contributed by atoms with Gasteiger partial charge in [-0.15, -0.1) is 0 Å². The van der Waals surface area contributed by atoms with E-state index >= 15 is 0 Å². The molecule has 17 heavy (non-hydrogen) atoms. The lowest BCUT2D eigenvalue weighted by molar-refractivity contribution is -0.127. The SMILES string of the molecule is CCSC1CCC(NC(=O)C2(N)CCOC2)C1. The normalized spacial score (nSPS) is 37.3. The molecule has 3 unspecified atom stereocenters. The topological polar surface area (TPSA) is 64.4 Å². The van der Waals surface area contributed by atoms with Crippen molar-refractivity contribution in [2.24, 2.45) is 5.73 Å². The minimum absolute atomic E-state index is 0.0258. The summed E-state index contributed by atoms with van der Waals surface area (Å²) < 4.78 is 5.22. The Hall–Kier alpha value is -0.260. The van der Waals surface area contributed by atoms with Crippen LogP contribution in [0.2, 0.25) is 0 Å². The largest absolute Gasteiger partial charge is 0.379 e. The van der Waals surface area contributed by atoms with Crippen LogP contribution in [-0.2, 0) is 9.53 Å². The molecule has 1 amide bonds. The molecule has 2 aliphatic rings. The minimum atomic E-state index is -0.782. The van der Waals surface area contributed by atoms with E-state index in [0.717, 1.165) is 18.6 Å². The molecule has 3 atom stereocenters. The number of hydrogen-bond acceptors (Lipinski definition) is 4. The van der Waals surface area contributed by atoms with Crippen molar-refractivity contribution in [2.45, 2.75) is 49.4 Å². The van der Waals surface area contributed by atoms with Crippen LogP contribution in [-0.4, -0.2) is 41.7 Å². The fourth-order valence-electron chi connectivity index (χ4n) is 2.55. The molecule has 0 spiro atoms. The first-order chi connectivity index (χ1) is 8.14. The lowest BCUT2D eigenvalue weighted by atomic mass is 9.98. The highest BCUT2D eigenvalue weighted by molar-refractivity contribution is 7.99. The Labute approximate surface area is 107 Å². The van der Waals surface area contributed by atoms with E-state index in [0.29, 0.717) is 30.9 Å². The van der Waals surface area contributed by atoms with Gasteiger partial charge in [0.1, 0.15) is 5.54 Å². The Morgan fingerprint density at radius 3 is 3.06 bits per heavy atom. The number of hydrogen-bond donors (Lipinski definition) is 2. The van der Waals surface area contributed by atoms with Crippen molar-refractivity contribution in [3.8, 4) is 0 Å². The summed E-state index contributed by atoms with van der Waals surface area (Å²) in [5.74, 6) is 1.13. The van der Waals surface area contributed by atoms with E-state index < -0.39 is 5.54 Å². The third kappa shape index (κ3) is 3.14. The summed E-state index contributed by atoms with van der Waals surface area (Å²) in [7, 11) is 0. The van der Waals surface area contributed by atoms with Crippen molar-refractivity contribution in [3.63, 3.8) is 0 Å². The summed E-state index contributed by atoms with van der Waals surface area (Å²) in [4.78, 5) is 12.1. The highest BCUT2D eigenvalue weighted by atomic mass is 32.2. The third-order valence-corrected chi connectivity index (χ3v) is 4.86. The molecule has 0 bridgehead atoms. The summed E-state index contributed by atoms with van der Waals surface area (Å²) in [5, 5.41) is 3.80. The standard InChI is InChI=1S/C12H22N2O2S/c1-2-17-10-4-3-9(7-10)14-11(15)12(13)5-6-16-8-12/h9-10H,2-8,13H2,1H3,(H,14,15). The molecule has 2 rings (SSSR count). The molecule has 0 aromatic carbocycles. The monoisotopic (exact) mass is 258 g/mol. The fourth-order valence-corrected chi connectivity index (χ4v) is 3.69. The van der Waals surface area contributed by atoms with E-state index in [1.165, 1.54) is 6.42 Å². The fraction of sp³-hybridized carbons (Fsp3) is 0.917. The van der Waals surface area contributed by atoms with Crippen LogP contribution in [0.5, 0.6) is 0 Å². The maximum Gasteiger partial charge on any atom is 0.242 e. The van der Waals surface area contributed by atoms with Gasteiger partial charge in [0.25, 0.3) is 0 Å². The van der Waals surface area contributed by atoms with E-state index in [1.807, 2.05) is 11.8 Å². The summed E-state index contributed by atoms with van der Waals surface area (Å²) in [5.41, 5.74) is 5.25. The van der Waals surface area contributed by atoms with Gasteiger partial charge in [-0.25, -0.2) is 0 Å². The zero-order valence-corrected chi connectivity index (χ0v) is 11.2. The van der Waals surface area contributed by atoms with Crippen LogP contribution in [0.4, 0.5) is 0 Å². The lowest BCUT2D eigenvalue weighted by Gasteiger charge is -2.23. The molecule has 1 aliphatic heterocycles.